The van der Waals surface area contributed by atoms with Crippen molar-refractivity contribution in [1.82, 2.24) is 4.90 Å². The molecule has 2 aromatic rings. The van der Waals surface area contributed by atoms with Gasteiger partial charge in [0.1, 0.15) is 5.82 Å². The van der Waals surface area contributed by atoms with Gasteiger partial charge in [0.2, 0.25) is 0 Å². The van der Waals surface area contributed by atoms with Crippen LogP contribution in [-0.4, -0.2) is 42.8 Å². The summed E-state index contributed by atoms with van der Waals surface area (Å²) in [5, 5.41) is 10.6. The summed E-state index contributed by atoms with van der Waals surface area (Å²) >= 11 is 12.1. The summed E-state index contributed by atoms with van der Waals surface area (Å²) < 4.78 is 13.9. The fraction of sp³-hybridized carbons (Fsp3) is 0.316. The largest absolute Gasteiger partial charge is 0.465 e. The zero-order chi connectivity index (χ0) is 18.8. The van der Waals surface area contributed by atoms with Gasteiger partial charge in [0, 0.05) is 28.7 Å². The highest BCUT2D eigenvalue weighted by atomic mass is 35.5. The highest BCUT2D eigenvalue weighted by Crippen LogP contribution is 2.35. The molecule has 1 amide bonds. The molecule has 1 fully saturated rings. The number of likely N-dealkylation sites (tertiary alicyclic amines) is 1. The standard InChI is InChI=1S/C19H19Cl2FN2O2/c1-23-5-4-12(10-23)11-24(19(25)26)18-3-2-16(22)9-17(18)13-6-14(20)8-15(21)7-13/h2-3,6-9,12H,4-5,10-11H2,1H3,(H,25,26)/t12-/m0/s1. The van der Waals surface area contributed by atoms with E-state index in [-0.39, 0.29) is 5.92 Å². The molecule has 0 saturated carbocycles. The van der Waals surface area contributed by atoms with Gasteiger partial charge in [-0.3, -0.25) is 4.90 Å². The molecule has 7 heteroatoms. The smallest absolute Gasteiger partial charge is 0.411 e. The lowest BCUT2D eigenvalue weighted by molar-refractivity contribution is 0.200. The molecule has 0 radical (unpaired) electrons. The van der Waals surface area contributed by atoms with E-state index in [1.54, 1.807) is 18.2 Å². The third-order valence-electron chi connectivity index (χ3n) is 4.58. The highest BCUT2D eigenvalue weighted by molar-refractivity contribution is 6.35. The van der Waals surface area contributed by atoms with Crippen LogP contribution >= 0.6 is 23.2 Å². The Labute approximate surface area is 161 Å². The first-order valence-corrected chi connectivity index (χ1v) is 9.04. The second kappa shape index (κ2) is 7.82. The van der Waals surface area contributed by atoms with E-state index in [0.29, 0.717) is 33.4 Å². The molecule has 1 N–H and O–H groups in total. The summed E-state index contributed by atoms with van der Waals surface area (Å²) in [6, 6.07) is 8.95. The second-order valence-electron chi connectivity index (χ2n) is 6.63. The summed E-state index contributed by atoms with van der Waals surface area (Å²) in [4.78, 5) is 15.4. The van der Waals surface area contributed by atoms with Crippen LogP contribution in [0.2, 0.25) is 10.0 Å². The van der Waals surface area contributed by atoms with E-state index in [0.717, 1.165) is 19.5 Å². The lowest BCUT2D eigenvalue weighted by Crippen LogP contribution is -2.35. The number of anilines is 1. The van der Waals surface area contributed by atoms with Crippen molar-refractivity contribution in [3.63, 3.8) is 0 Å². The van der Waals surface area contributed by atoms with Gasteiger partial charge < -0.3 is 10.0 Å². The summed E-state index contributed by atoms with van der Waals surface area (Å²) in [5.74, 6) is -0.220. The van der Waals surface area contributed by atoms with Crippen molar-refractivity contribution in [2.24, 2.45) is 5.92 Å². The lowest BCUT2D eigenvalue weighted by Gasteiger charge is -2.25. The molecule has 0 aliphatic carbocycles. The van der Waals surface area contributed by atoms with Crippen molar-refractivity contribution in [3.05, 3.63) is 52.3 Å². The molecule has 1 aliphatic rings. The minimum Gasteiger partial charge on any atom is -0.465 e. The predicted octanol–water partition coefficient (Wildman–Crippen LogP) is 5.24. The molecule has 0 aromatic heterocycles. The number of nitrogens with zero attached hydrogens (tertiary/aromatic N) is 2. The first-order valence-electron chi connectivity index (χ1n) is 8.28. The minimum absolute atomic E-state index is 0.233. The van der Waals surface area contributed by atoms with Crippen LogP contribution in [0.25, 0.3) is 11.1 Å². The van der Waals surface area contributed by atoms with E-state index in [1.807, 2.05) is 7.05 Å². The lowest BCUT2D eigenvalue weighted by atomic mass is 10.0. The molecular weight excluding hydrogens is 378 g/mol. The van der Waals surface area contributed by atoms with Crippen LogP contribution in [0.4, 0.5) is 14.9 Å². The molecule has 0 spiro atoms. The van der Waals surface area contributed by atoms with Crippen LogP contribution in [0.1, 0.15) is 6.42 Å². The first kappa shape index (κ1) is 19.0. The number of amides is 1. The van der Waals surface area contributed by atoms with E-state index in [9.17, 15) is 14.3 Å². The molecule has 26 heavy (non-hydrogen) atoms. The molecule has 1 aliphatic heterocycles. The van der Waals surface area contributed by atoms with Crippen LogP contribution in [0.15, 0.2) is 36.4 Å². The van der Waals surface area contributed by atoms with Crippen molar-refractivity contribution in [2.45, 2.75) is 6.42 Å². The van der Waals surface area contributed by atoms with E-state index in [2.05, 4.69) is 4.90 Å². The minimum atomic E-state index is -1.07. The predicted molar refractivity (Wildman–Crippen MR) is 103 cm³/mol. The van der Waals surface area contributed by atoms with Gasteiger partial charge in [0.05, 0.1) is 5.69 Å². The van der Waals surface area contributed by atoms with Crippen LogP contribution in [0.5, 0.6) is 0 Å². The summed E-state index contributed by atoms with van der Waals surface area (Å²) in [6.45, 7) is 2.13. The SMILES string of the molecule is CN1CC[C@H](CN(C(=O)O)c2ccc(F)cc2-c2cc(Cl)cc(Cl)c2)C1. The Morgan fingerprint density at radius 3 is 2.54 bits per heavy atom. The number of hydrogen-bond acceptors (Lipinski definition) is 2. The third-order valence-corrected chi connectivity index (χ3v) is 5.02. The summed E-state index contributed by atoms with van der Waals surface area (Å²) in [5.41, 5.74) is 1.45. The number of hydrogen-bond donors (Lipinski definition) is 1. The first-order chi connectivity index (χ1) is 12.3. The number of carboxylic acid groups (broad SMARTS) is 1. The van der Waals surface area contributed by atoms with E-state index >= 15 is 0 Å². The quantitative estimate of drug-likeness (QED) is 0.768. The topological polar surface area (TPSA) is 43.8 Å². The van der Waals surface area contributed by atoms with Crippen molar-refractivity contribution >= 4 is 35.0 Å². The van der Waals surface area contributed by atoms with Gasteiger partial charge in [0.15, 0.2) is 0 Å². The molecule has 2 aromatic carbocycles. The number of carbonyl (C=O) groups is 1. The van der Waals surface area contributed by atoms with Gasteiger partial charge in [-0.2, -0.15) is 0 Å². The van der Waals surface area contributed by atoms with Crippen LogP contribution < -0.4 is 4.90 Å². The molecule has 3 rings (SSSR count). The van der Waals surface area contributed by atoms with Gasteiger partial charge in [-0.1, -0.05) is 23.2 Å². The Morgan fingerprint density at radius 1 is 1.27 bits per heavy atom. The second-order valence-corrected chi connectivity index (χ2v) is 7.50. The van der Waals surface area contributed by atoms with Gasteiger partial charge in [0.25, 0.3) is 0 Å². The Bertz CT molecular complexity index is 811. The molecule has 138 valence electrons. The average molecular weight is 397 g/mol. The van der Waals surface area contributed by atoms with Gasteiger partial charge in [-0.15, -0.1) is 0 Å². The third kappa shape index (κ3) is 4.29. The maximum atomic E-state index is 13.9. The fourth-order valence-corrected chi connectivity index (χ4v) is 3.92. The zero-order valence-electron chi connectivity index (χ0n) is 14.3. The maximum Gasteiger partial charge on any atom is 0.411 e. The summed E-state index contributed by atoms with van der Waals surface area (Å²) in [7, 11) is 2.02. The Morgan fingerprint density at radius 2 is 1.96 bits per heavy atom. The monoisotopic (exact) mass is 396 g/mol. The van der Waals surface area contributed by atoms with Crippen molar-refractivity contribution in [3.8, 4) is 11.1 Å². The Hall–Kier alpha value is -1.82. The van der Waals surface area contributed by atoms with Crippen molar-refractivity contribution < 1.29 is 14.3 Å². The van der Waals surface area contributed by atoms with Crippen LogP contribution in [0.3, 0.4) is 0 Å². The van der Waals surface area contributed by atoms with Gasteiger partial charge >= 0.3 is 6.09 Å². The normalized spacial score (nSPS) is 17.5. The van der Waals surface area contributed by atoms with Crippen molar-refractivity contribution in [2.75, 3.05) is 31.6 Å². The van der Waals surface area contributed by atoms with E-state index in [1.165, 1.54) is 23.1 Å². The maximum absolute atomic E-state index is 13.9. The molecule has 1 saturated heterocycles. The fourth-order valence-electron chi connectivity index (χ4n) is 3.40. The molecule has 1 atom stereocenters. The number of benzene rings is 2. The van der Waals surface area contributed by atoms with Gasteiger partial charge in [-0.05, 0) is 67.9 Å². The molecule has 0 unspecified atom stereocenters. The van der Waals surface area contributed by atoms with E-state index < -0.39 is 11.9 Å². The zero-order valence-corrected chi connectivity index (χ0v) is 15.8. The highest BCUT2D eigenvalue weighted by Gasteiger charge is 2.27. The van der Waals surface area contributed by atoms with Crippen LogP contribution in [0, 0.1) is 11.7 Å². The Kier molecular flexibility index (Phi) is 5.70. The molecule has 0 bridgehead atoms. The van der Waals surface area contributed by atoms with E-state index in [4.69, 9.17) is 23.2 Å². The van der Waals surface area contributed by atoms with Crippen molar-refractivity contribution in [1.29, 1.82) is 0 Å². The number of rotatable bonds is 4. The summed E-state index contributed by atoms with van der Waals surface area (Å²) in [6.07, 6.45) is -0.139. The molecule has 4 nitrogen and oxygen atoms in total. The van der Waals surface area contributed by atoms with Gasteiger partial charge in [-0.25, -0.2) is 9.18 Å². The molecular formula is C19H19Cl2FN2O2. The number of halogens is 3. The Balaban J connectivity index is 2.03. The van der Waals surface area contributed by atoms with Crippen LogP contribution in [-0.2, 0) is 0 Å². The average Bonchev–Trinajstić information content (AvgIpc) is 2.97. The molecule has 1 heterocycles.